The minimum absolute atomic E-state index is 0.0952. The third-order valence-electron chi connectivity index (χ3n) is 5.36. The van der Waals surface area contributed by atoms with Gasteiger partial charge in [-0.1, -0.05) is 35.4 Å². The number of hydrogen-bond acceptors (Lipinski definition) is 6. The Morgan fingerprint density at radius 2 is 1.67 bits per heavy atom. The summed E-state index contributed by atoms with van der Waals surface area (Å²) in [6.45, 7) is 4.41. The number of amides is 4. The molecule has 0 bridgehead atoms. The van der Waals surface area contributed by atoms with E-state index < -0.39 is 22.8 Å². The fourth-order valence-electron chi connectivity index (χ4n) is 3.82. The normalized spacial score (nSPS) is 14.7. The Kier molecular flexibility index (Phi) is 6.98. The maximum atomic E-state index is 13.0. The van der Waals surface area contributed by atoms with Gasteiger partial charge in [0.25, 0.3) is 17.5 Å². The van der Waals surface area contributed by atoms with Crippen molar-refractivity contribution in [1.82, 2.24) is 5.32 Å². The van der Waals surface area contributed by atoms with Crippen LogP contribution in [0.4, 0.5) is 16.2 Å². The Labute approximate surface area is 214 Å². The summed E-state index contributed by atoms with van der Waals surface area (Å²) in [5.41, 5.74) is 3.49. The summed E-state index contributed by atoms with van der Waals surface area (Å²) in [6, 6.07) is 15.2. The topological polar surface area (TPSA) is 119 Å². The van der Waals surface area contributed by atoms with Gasteiger partial charge in [-0.15, -0.1) is 0 Å². The maximum absolute atomic E-state index is 13.0. The highest BCUT2D eigenvalue weighted by Crippen LogP contribution is 2.29. The van der Waals surface area contributed by atoms with Crippen LogP contribution in [0.25, 0.3) is 6.08 Å². The summed E-state index contributed by atoms with van der Waals surface area (Å²) in [4.78, 5) is 48.9. The molecule has 9 nitrogen and oxygen atoms in total. The molecule has 10 heteroatoms. The van der Waals surface area contributed by atoms with Crippen LogP contribution >= 0.6 is 15.9 Å². The van der Waals surface area contributed by atoms with Crippen LogP contribution in [0.5, 0.6) is 5.75 Å². The zero-order valence-corrected chi connectivity index (χ0v) is 20.9. The summed E-state index contributed by atoms with van der Waals surface area (Å²) in [5.74, 6) is -1.10. The summed E-state index contributed by atoms with van der Waals surface area (Å²) in [5, 5.41) is 13.0. The van der Waals surface area contributed by atoms with Crippen LogP contribution in [0.2, 0.25) is 0 Å². The van der Waals surface area contributed by atoms with Crippen molar-refractivity contribution in [3.8, 4) is 5.75 Å². The van der Waals surface area contributed by atoms with E-state index in [1.54, 1.807) is 18.2 Å². The number of nitro benzene ring substituents is 1. The van der Waals surface area contributed by atoms with Gasteiger partial charge in [-0.3, -0.25) is 25.0 Å². The fraction of sp³-hybridized carbons (Fsp3) is 0.115. The second-order valence-corrected chi connectivity index (χ2v) is 9.06. The Morgan fingerprint density at radius 3 is 2.28 bits per heavy atom. The third-order valence-corrected chi connectivity index (χ3v) is 5.98. The fourth-order valence-corrected chi connectivity index (χ4v) is 4.33. The predicted molar refractivity (Wildman–Crippen MR) is 136 cm³/mol. The number of nitrogens with zero attached hydrogens (tertiary/aromatic N) is 2. The number of carbonyl (C=O) groups excluding carboxylic acids is 3. The molecule has 1 aliphatic heterocycles. The molecule has 0 atom stereocenters. The van der Waals surface area contributed by atoms with Gasteiger partial charge in [-0.05, 0) is 71.2 Å². The van der Waals surface area contributed by atoms with Gasteiger partial charge >= 0.3 is 6.03 Å². The highest BCUT2D eigenvalue weighted by Gasteiger charge is 2.37. The molecule has 1 heterocycles. The van der Waals surface area contributed by atoms with Crippen molar-refractivity contribution < 1.29 is 24.0 Å². The van der Waals surface area contributed by atoms with Gasteiger partial charge in [0, 0.05) is 12.1 Å². The highest BCUT2D eigenvalue weighted by molar-refractivity contribution is 9.10. The number of anilines is 1. The van der Waals surface area contributed by atoms with Crippen LogP contribution in [0, 0.1) is 24.0 Å². The van der Waals surface area contributed by atoms with Gasteiger partial charge in [0.05, 0.1) is 15.1 Å². The highest BCUT2D eigenvalue weighted by atomic mass is 79.9. The van der Waals surface area contributed by atoms with E-state index in [-0.39, 0.29) is 16.9 Å². The first-order chi connectivity index (χ1) is 17.1. The molecule has 4 amide bonds. The predicted octanol–water partition coefficient (Wildman–Crippen LogP) is 5.22. The molecule has 3 aromatic carbocycles. The van der Waals surface area contributed by atoms with Crippen molar-refractivity contribution in [1.29, 1.82) is 0 Å². The number of benzene rings is 3. The lowest BCUT2D eigenvalue weighted by atomic mass is 10.1. The minimum atomic E-state index is -0.938. The Bertz CT molecular complexity index is 1410. The lowest BCUT2D eigenvalue weighted by molar-refractivity contribution is -0.384. The number of aryl methyl sites for hydroxylation is 2. The molecule has 1 fully saturated rings. The van der Waals surface area contributed by atoms with Crippen molar-refractivity contribution in [3.05, 3.63) is 103 Å². The Balaban J connectivity index is 1.55. The van der Waals surface area contributed by atoms with Crippen molar-refractivity contribution in [2.45, 2.75) is 20.5 Å². The molecule has 182 valence electrons. The van der Waals surface area contributed by atoms with E-state index in [1.165, 1.54) is 30.3 Å². The van der Waals surface area contributed by atoms with E-state index in [0.717, 1.165) is 21.6 Å². The number of nitro groups is 1. The standard InChI is InChI=1S/C26H20BrN3O6/c1-15-9-16(2)11-18(10-15)14-36-23-8-3-17(13-22(23)27)12-21-24(31)28-26(33)29(25(21)32)19-4-6-20(7-5-19)30(34)35/h3-13H,14H2,1-2H3,(H,28,31,33)/b21-12+. The molecule has 4 rings (SSSR count). The minimum Gasteiger partial charge on any atom is -0.488 e. The number of urea groups is 1. The quantitative estimate of drug-likeness (QED) is 0.195. The average Bonchev–Trinajstić information content (AvgIpc) is 2.81. The van der Waals surface area contributed by atoms with Crippen LogP contribution < -0.4 is 15.0 Å². The smallest absolute Gasteiger partial charge is 0.335 e. The number of rotatable bonds is 6. The summed E-state index contributed by atoms with van der Waals surface area (Å²) >= 11 is 3.46. The Hall–Kier alpha value is -4.31. The second-order valence-electron chi connectivity index (χ2n) is 8.21. The molecule has 36 heavy (non-hydrogen) atoms. The molecule has 1 N–H and O–H groups in total. The summed E-state index contributed by atoms with van der Waals surface area (Å²) in [6.07, 6.45) is 1.36. The summed E-state index contributed by atoms with van der Waals surface area (Å²) in [7, 11) is 0. The number of barbiturate groups is 1. The van der Waals surface area contributed by atoms with E-state index in [0.29, 0.717) is 22.4 Å². The monoisotopic (exact) mass is 549 g/mol. The Morgan fingerprint density at radius 1 is 1.00 bits per heavy atom. The number of halogens is 1. The molecule has 0 aliphatic carbocycles. The lowest BCUT2D eigenvalue weighted by Gasteiger charge is -2.26. The van der Waals surface area contributed by atoms with Gasteiger partial charge in [0.15, 0.2) is 0 Å². The molecular formula is C26H20BrN3O6. The third kappa shape index (κ3) is 5.33. The van der Waals surface area contributed by atoms with E-state index >= 15 is 0 Å². The van der Waals surface area contributed by atoms with Crippen molar-refractivity contribution in [2.24, 2.45) is 0 Å². The number of imide groups is 2. The van der Waals surface area contributed by atoms with Gasteiger partial charge in [-0.2, -0.15) is 0 Å². The molecule has 0 aromatic heterocycles. The molecule has 1 aliphatic rings. The van der Waals surface area contributed by atoms with Gasteiger partial charge in [0.2, 0.25) is 0 Å². The SMILES string of the molecule is Cc1cc(C)cc(COc2ccc(/C=C3\C(=O)NC(=O)N(c4ccc([N+](=O)[O-])cc4)C3=O)cc2Br)c1. The van der Waals surface area contributed by atoms with Crippen LogP contribution in [0.3, 0.4) is 0 Å². The molecule has 0 saturated carbocycles. The van der Waals surface area contributed by atoms with Gasteiger partial charge < -0.3 is 4.74 Å². The number of hydrogen-bond donors (Lipinski definition) is 1. The molecule has 0 unspecified atom stereocenters. The number of non-ortho nitro benzene ring substituents is 1. The zero-order valence-electron chi connectivity index (χ0n) is 19.3. The van der Waals surface area contributed by atoms with Crippen LogP contribution in [-0.4, -0.2) is 22.8 Å². The van der Waals surface area contributed by atoms with Crippen LogP contribution in [0.1, 0.15) is 22.3 Å². The number of carbonyl (C=O) groups is 3. The second kappa shape index (κ2) is 10.1. The molecule has 1 saturated heterocycles. The van der Waals surface area contributed by atoms with Crippen LogP contribution in [0.15, 0.2) is 70.7 Å². The van der Waals surface area contributed by atoms with Crippen molar-refractivity contribution in [2.75, 3.05) is 4.90 Å². The zero-order chi connectivity index (χ0) is 26.0. The van der Waals surface area contributed by atoms with Gasteiger partial charge in [0.1, 0.15) is 17.9 Å². The first-order valence-corrected chi connectivity index (χ1v) is 11.6. The van der Waals surface area contributed by atoms with E-state index in [9.17, 15) is 24.5 Å². The van der Waals surface area contributed by atoms with Crippen molar-refractivity contribution in [3.63, 3.8) is 0 Å². The van der Waals surface area contributed by atoms with Crippen LogP contribution in [-0.2, 0) is 16.2 Å². The number of ether oxygens (including phenoxy) is 1. The average molecular weight is 550 g/mol. The molecule has 0 spiro atoms. The van der Waals surface area contributed by atoms with Gasteiger partial charge in [-0.25, -0.2) is 9.69 Å². The van der Waals surface area contributed by atoms with E-state index in [1.807, 2.05) is 26.0 Å². The molecule has 3 aromatic rings. The first-order valence-electron chi connectivity index (χ1n) is 10.8. The van der Waals surface area contributed by atoms with Crippen molar-refractivity contribution >= 4 is 51.2 Å². The lowest BCUT2D eigenvalue weighted by Crippen LogP contribution is -2.54. The molecular weight excluding hydrogens is 530 g/mol. The van der Waals surface area contributed by atoms with E-state index in [2.05, 4.69) is 27.3 Å². The summed E-state index contributed by atoms with van der Waals surface area (Å²) < 4.78 is 6.54. The first kappa shape index (κ1) is 24.8. The largest absolute Gasteiger partial charge is 0.488 e. The number of nitrogens with one attached hydrogen (secondary N) is 1. The maximum Gasteiger partial charge on any atom is 0.335 e. The van der Waals surface area contributed by atoms with E-state index in [4.69, 9.17) is 4.74 Å². The molecule has 0 radical (unpaired) electrons.